The lowest BCUT2D eigenvalue weighted by Gasteiger charge is -2.44. The molecule has 2 heterocycles. The highest BCUT2D eigenvalue weighted by Crippen LogP contribution is 2.47. The van der Waals surface area contributed by atoms with E-state index >= 15 is 0 Å². The van der Waals surface area contributed by atoms with Gasteiger partial charge >= 0.3 is 0 Å². The molecular weight excluding hydrogens is 378 g/mol. The van der Waals surface area contributed by atoms with Crippen molar-refractivity contribution in [1.82, 2.24) is 4.90 Å². The Morgan fingerprint density at radius 2 is 1.70 bits per heavy atom. The van der Waals surface area contributed by atoms with Crippen LogP contribution in [0.1, 0.15) is 50.2 Å². The summed E-state index contributed by atoms with van der Waals surface area (Å²) >= 11 is 0. The van der Waals surface area contributed by atoms with Crippen LogP contribution in [0.25, 0.3) is 0 Å². The molecule has 2 bridgehead atoms. The maximum atomic E-state index is 11.5. The first-order valence-corrected chi connectivity index (χ1v) is 11.0. The van der Waals surface area contributed by atoms with Crippen LogP contribution in [0.4, 0.5) is 0 Å². The molecule has 0 unspecified atom stereocenters. The van der Waals surface area contributed by atoms with Gasteiger partial charge in [0.25, 0.3) is 0 Å². The van der Waals surface area contributed by atoms with Crippen molar-refractivity contribution in [3.63, 3.8) is 0 Å². The summed E-state index contributed by atoms with van der Waals surface area (Å²) in [7, 11) is 3.36. The van der Waals surface area contributed by atoms with Crippen molar-refractivity contribution in [2.45, 2.75) is 63.3 Å². The lowest BCUT2D eigenvalue weighted by Crippen LogP contribution is -2.49. The molecule has 162 valence electrons. The standard InChI is InChI=1S/C25H33NO4/c1-4-14-30-24-18(6-5-7-23(24)29-3)17-26-20-10-11-21(26)16-25(27,15-20)19-8-12-22(28-2)13-9-19/h5-9,12-13,20-21,27H,4,10-11,14-17H2,1-3H3/t20-,21-/m1/s1. The maximum Gasteiger partial charge on any atom is 0.165 e. The molecule has 2 aliphatic heterocycles. The molecule has 2 aromatic carbocycles. The summed E-state index contributed by atoms with van der Waals surface area (Å²) in [5.74, 6) is 2.47. The predicted octanol–water partition coefficient (Wildman–Crippen LogP) is 4.51. The van der Waals surface area contributed by atoms with Crippen molar-refractivity contribution in [2.24, 2.45) is 0 Å². The Bertz CT molecular complexity index is 837. The first kappa shape index (κ1) is 21.0. The fourth-order valence-corrected chi connectivity index (χ4v) is 5.12. The van der Waals surface area contributed by atoms with Crippen LogP contribution in [0.15, 0.2) is 42.5 Å². The molecule has 2 atom stereocenters. The van der Waals surface area contributed by atoms with Gasteiger partial charge in [0.05, 0.1) is 26.4 Å². The van der Waals surface area contributed by atoms with Gasteiger partial charge in [-0.3, -0.25) is 4.90 Å². The highest BCUT2D eigenvalue weighted by atomic mass is 16.5. The van der Waals surface area contributed by atoms with Crippen molar-refractivity contribution >= 4 is 0 Å². The van der Waals surface area contributed by atoms with E-state index in [-0.39, 0.29) is 0 Å². The molecule has 30 heavy (non-hydrogen) atoms. The fraction of sp³-hybridized carbons (Fsp3) is 0.520. The highest BCUT2D eigenvalue weighted by molar-refractivity contribution is 5.47. The molecule has 2 saturated heterocycles. The van der Waals surface area contributed by atoms with E-state index in [1.165, 1.54) is 0 Å². The topological polar surface area (TPSA) is 51.2 Å². The normalized spacial score (nSPS) is 25.9. The van der Waals surface area contributed by atoms with Crippen molar-refractivity contribution in [2.75, 3.05) is 20.8 Å². The number of methoxy groups -OCH3 is 2. The number of rotatable bonds is 8. The second kappa shape index (κ2) is 8.86. The Labute approximate surface area is 179 Å². The van der Waals surface area contributed by atoms with Crippen LogP contribution in [0.2, 0.25) is 0 Å². The minimum Gasteiger partial charge on any atom is -0.497 e. The quantitative estimate of drug-likeness (QED) is 0.693. The summed E-state index contributed by atoms with van der Waals surface area (Å²) in [4.78, 5) is 2.56. The van der Waals surface area contributed by atoms with E-state index in [0.717, 1.165) is 67.0 Å². The van der Waals surface area contributed by atoms with E-state index in [9.17, 15) is 5.11 Å². The maximum absolute atomic E-state index is 11.5. The van der Waals surface area contributed by atoms with E-state index in [0.29, 0.717) is 18.7 Å². The summed E-state index contributed by atoms with van der Waals surface area (Å²) < 4.78 is 16.9. The Hall–Kier alpha value is -2.24. The van der Waals surface area contributed by atoms with Gasteiger partial charge in [-0.05, 0) is 55.9 Å². The van der Waals surface area contributed by atoms with Gasteiger partial charge in [0.2, 0.25) is 0 Å². The van der Waals surface area contributed by atoms with E-state index in [4.69, 9.17) is 14.2 Å². The minimum absolute atomic E-state index is 0.362. The molecule has 0 saturated carbocycles. The van der Waals surface area contributed by atoms with E-state index < -0.39 is 5.60 Å². The molecule has 4 rings (SSSR count). The average Bonchev–Trinajstić information content (AvgIpc) is 3.01. The number of para-hydroxylation sites is 1. The zero-order valence-electron chi connectivity index (χ0n) is 18.3. The average molecular weight is 412 g/mol. The third kappa shape index (κ3) is 4.01. The lowest BCUT2D eigenvalue weighted by molar-refractivity contribution is -0.0596. The van der Waals surface area contributed by atoms with Crippen LogP contribution < -0.4 is 14.2 Å². The number of aliphatic hydroxyl groups is 1. The van der Waals surface area contributed by atoms with Gasteiger partial charge in [-0.25, -0.2) is 0 Å². The number of ether oxygens (including phenoxy) is 3. The molecule has 0 spiro atoms. The highest BCUT2D eigenvalue weighted by Gasteiger charge is 2.48. The zero-order valence-corrected chi connectivity index (χ0v) is 18.3. The van der Waals surface area contributed by atoms with E-state index in [1.807, 2.05) is 36.4 Å². The van der Waals surface area contributed by atoms with Gasteiger partial charge in [-0.1, -0.05) is 31.2 Å². The van der Waals surface area contributed by atoms with Crippen LogP contribution >= 0.6 is 0 Å². The second-order valence-corrected chi connectivity index (χ2v) is 8.52. The van der Waals surface area contributed by atoms with Gasteiger partial charge < -0.3 is 19.3 Å². The van der Waals surface area contributed by atoms with Gasteiger partial charge in [0, 0.05) is 24.2 Å². The van der Waals surface area contributed by atoms with Crippen LogP contribution in [-0.4, -0.2) is 42.9 Å². The summed E-state index contributed by atoms with van der Waals surface area (Å²) in [6, 6.07) is 14.7. The van der Waals surface area contributed by atoms with Crippen LogP contribution in [0.5, 0.6) is 17.2 Å². The Morgan fingerprint density at radius 3 is 2.30 bits per heavy atom. The molecule has 0 amide bonds. The third-order valence-electron chi connectivity index (χ3n) is 6.63. The molecule has 1 N–H and O–H groups in total. The molecule has 0 radical (unpaired) electrons. The summed E-state index contributed by atoms with van der Waals surface area (Å²) in [5, 5.41) is 11.5. The molecule has 5 heteroatoms. The van der Waals surface area contributed by atoms with E-state index in [1.54, 1.807) is 14.2 Å². The summed E-state index contributed by atoms with van der Waals surface area (Å²) in [5.41, 5.74) is 1.38. The van der Waals surface area contributed by atoms with E-state index in [2.05, 4.69) is 17.9 Å². The number of fused-ring (bicyclic) bond motifs is 2. The second-order valence-electron chi connectivity index (χ2n) is 8.52. The molecule has 5 nitrogen and oxygen atoms in total. The van der Waals surface area contributed by atoms with Gasteiger partial charge in [0.1, 0.15) is 5.75 Å². The Kier molecular flexibility index (Phi) is 6.21. The van der Waals surface area contributed by atoms with Crippen molar-refractivity contribution in [1.29, 1.82) is 0 Å². The first-order valence-electron chi connectivity index (χ1n) is 11.0. The molecule has 2 fully saturated rings. The largest absolute Gasteiger partial charge is 0.497 e. The van der Waals surface area contributed by atoms with Crippen molar-refractivity contribution < 1.29 is 19.3 Å². The van der Waals surface area contributed by atoms with Crippen molar-refractivity contribution in [3.05, 3.63) is 53.6 Å². The van der Waals surface area contributed by atoms with Crippen molar-refractivity contribution in [3.8, 4) is 17.2 Å². The van der Waals surface area contributed by atoms with Gasteiger partial charge in [-0.2, -0.15) is 0 Å². The number of benzene rings is 2. The third-order valence-corrected chi connectivity index (χ3v) is 6.63. The lowest BCUT2D eigenvalue weighted by atomic mass is 9.80. The zero-order chi connectivity index (χ0) is 21.1. The number of piperidine rings is 1. The molecular formula is C25H33NO4. The molecule has 0 aliphatic carbocycles. The number of nitrogens with zero attached hydrogens (tertiary/aromatic N) is 1. The summed E-state index contributed by atoms with van der Waals surface area (Å²) in [6.07, 6.45) is 4.72. The Balaban J connectivity index is 1.53. The van der Waals surface area contributed by atoms with Gasteiger partial charge in [-0.15, -0.1) is 0 Å². The SMILES string of the molecule is CCCOc1c(CN2[C@@H]3CC[C@@H]2CC(O)(c2ccc(OC)cc2)C3)cccc1OC. The Morgan fingerprint density at radius 1 is 1.00 bits per heavy atom. The molecule has 2 aromatic rings. The van der Waals surface area contributed by atoms with Gasteiger partial charge in [0.15, 0.2) is 11.5 Å². The smallest absolute Gasteiger partial charge is 0.165 e. The molecule has 2 aliphatic rings. The predicted molar refractivity (Wildman–Crippen MR) is 117 cm³/mol. The van der Waals surface area contributed by atoms with Crippen LogP contribution in [0, 0.1) is 0 Å². The summed E-state index contributed by atoms with van der Waals surface area (Å²) in [6.45, 7) is 3.61. The first-order chi connectivity index (χ1) is 14.6. The number of hydrogen-bond donors (Lipinski definition) is 1. The van der Waals surface area contributed by atoms with Crippen LogP contribution in [0.3, 0.4) is 0 Å². The monoisotopic (exact) mass is 411 g/mol. The number of hydrogen-bond acceptors (Lipinski definition) is 5. The van der Waals surface area contributed by atoms with Crippen LogP contribution in [-0.2, 0) is 12.1 Å². The minimum atomic E-state index is -0.773. The fourth-order valence-electron chi connectivity index (χ4n) is 5.12. The molecule has 0 aromatic heterocycles.